The van der Waals surface area contributed by atoms with Crippen LogP contribution in [0.15, 0.2) is 45.3 Å². The van der Waals surface area contributed by atoms with Crippen LogP contribution >= 0.6 is 31.9 Å². The van der Waals surface area contributed by atoms with Crippen molar-refractivity contribution < 1.29 is 5.11 Å². The Hall–Kier alpha value is -0.640. The van der Waals surface area contributed by atoms with Crippen LogP contribution in [0.5, 0.6) is 0 Å². The molecule has 18 heavy (non-hydrogen) atoms. The summed E-state index contributed by atoms with van der Waals surface area (Å²) in [6, 6.07) is 11.9. The predicted octanol–water partition coefficient (Wildman–Crippen LogP) is 4.91. The summed E-state index contributed by atoms with van der Waals surface area (Å²) in [5.74, 6) is 0. The zero-order valence-electron chi connectivity index (χ0n) is 10.2. The van der Waals surface area contributed by atoms with Crippen molar-refractivity contribution in [1.29, 1.82) is 0 Å². The van der Waals surface area contributed by atoms with E-state index in [0.717, 1.165) is 31.2 Å². The molecule has 1 N–H and O–H groups in total. The van der Waals surface area contributed by atoms with E-state index < -0.39 is 6.10 Å². The summed E-state index contributed by atoms with van der Waals surface area (Å²) in [4.78, 5) is 0. The highest BCUT2D eigenvalue weighted by atomic mass is 79.9. The first-order valence-electron chi connectivity index (χ1n) is 5.69. The van der Waals surface area contributed by atoms with E-state index in [1.165, 1.54) is 0 Å². The molecule has 0 amide bonds. The van der Waals surface area contributed by atoms with E-state index in [4.69, 9.17) is 0 Å². The van der Waals surface area contributed by atoms with Crippen LogP contribution in [-0.2, 0) is 0 Å². The summed E-state index contributed by atoms with van der Waals surface area (Å²) >= 11 is 6.94. The van der Waals surface area contributed by atoms with Crippen molar-refractivity contribution in [1.82, 2.24) is 0 Å². The topological polar surface area (TPSA) is 20.2 Å². The minimum atomic E-state index is -0.589. The molecule has 1 atom stereocenters. The lowest BCUT2D eigenvalue weighted by atomic mass is 9.96. The third kappa shape index (κ3) is 2.85. The van der Waals surface area contributed by atoms with Crippen LogP contribution in [-0.4, -0.2) is 5.11 Å². The zero-order valence-corrected chi connectivity index (χ0v) is 13.4. The first-order chi connectivity index (χ1) is 8.49. The van der Waals surface area contributed by atoms with Crippen LogP contribution in [0.2, 0.25) is 0 Å². The van der Waals surface area contributed by atoms with Gasteiger partial charge in [-0.3, -0.25) is 0 Å². The molecule has 0 saturated carbocycles. The highest BCUT2D eigenvalue weighted by Crippen LogP contribution is 2.30. The Labute approximate surface area is 124 Å². The fourth-order valence-corrected chi connectivity index (χ4v) is 2.83. The molecule has 0 saturated heterocycles. The fraction of sp³-hybridized carbons (Fsp3) is 0.200. The Bertz CT molecular complexity index is 579. The van der Waals surface area contributed by atoms with Crippen LogP contribution in [0, 0.1) is 13.8 Å². The number of aliphatic hydroxyl groups is 1. The molecule has 0 aliphatic rings. The van der Waals surface area contributed by atoms with Crippen molar-refractivity contribution in [2.24, 2.45) is 0 Å². The van der Waals surface area contributed by atoms with Crippen molar-refractivity contribution in [3.8, 4) is 0 Å². The van der Waals surface area contributed by atoms with Gasteiger partial charge < -0.3 is 5.11 Å². The Morgan fingerprint density at radius 1 is 1.00 bits per heavy atom. The quantitative estimate of drug-likeness (QED) is 0.797. The van der Waals surface area contributed by atoms with Crippen molar-refractivity contribution in [3.63, 3.8) is 0 Å². The van der Waals surface area contributed by atoms with Crippen molar-refractivity contribution in [2.45, 2.75) is 20.0 Å². The summed E-state index contributed by atoms with van der Waals surface area (Å²) < 4.78 is 2.05. The molecular formula is C15H14Br2O. The first kappa shape index (κ1) is 13.8. The molecule has 0 radical (unpaired) electrons. The standard InChI is InChI=1S/C15H14Br2O/c1-9-7-14(17)10(2)6-13(9)15(18)11-4-3-5-12(16)8-11/h3-8,15,18H,1-2H3. The second kappa shape index (κ2) is 5.55. The molecule has 94 valence electrons. The molecule has 0 aliphatic carbocycles. The Morgan fingerprint density at radius 3 is 2.39 bits per heavy atom. The average Bonchev–Trinajstić information content (AvgIpc) is 2.33. The van der Waals surface area contributed by atoms with Gasteiger partial charge in [0.1, 0.15) is 6.10 Å². The highest BCUT2D eigenvalue weighted by molar-refractivity contribution is 9.10. The lowest BCUT2D eigenvalue weighted by Gasteiger charge is -2.16. The normalized spacial score (nSPS) is 12.5. The van der Waals surface area contributed by atoms with E-state index in [9.17, 15) is 5.11 Å². The molecule has 3 heteroatoms. The molecule has 0 fully saturated rings. The van der Waals surface area contributed by atoms with Gasteiger partial charge in [-0.15, -0.1) is 0 Å². The van der Waals surface area contributed by atoms with E-state index in [-0.39, 0.29) is 0 Å². The summed E-state index contributed by atoms with van der Waals surface area (Å²) in [5.41, 5.74) is 4.06. The van der Waals surface area contributed by atoms with Gasteiger partial charge in [-0.25, -0.2) is 0 Å². The van der Waals surface area contributed by atoms with Crippen LogP contribution in [0.25, 0.3) is 0 Å². The van der Waals surface area contributed by atoms with Gasteiger partial charge in [0.15, 0.2) is 0 Å². The van der Waals surface area contributed by atoms with E-state index in [1.54, 1.807) is 0 Å². The monoisotopic (exact) mass is 368 g/mol. The minimum absolute atomic E-state index is 0.589. The highest BCUT2D eigenvalue weighted by Gasteiger charge is 2.14. The number of aliphatic hydroxyl groups excluding tert-OH is 1. The molecule has 2 aromatic carbocycles. The summed E-state index contributed by atoms with van der Waals surface area (Å²) in [6.07, 6.45) is -0.589. The molecular weight excluding hydrogens is 356 g/mol. The molecule has 1 unspecified atom stereocenters. The van der Waals surface area contributed by atoms with Crippen molar-refractivity contribution >= 4 is 31.9 Å². The van der Waals surface area contributed by atoms with E-state index in [0.29, 0.717) is 0 Å². The third-order valence-corrected chi connectivity index (χ3v) is 4.35. The van der Waals surface area contributed by atoms with Crippen LogP contribution < -0.4 is 0 Å². The van der Waals surface area contributed by atoms with Crippen LogP contribution in [0.1, 0.15) is 28.4 Å². The lowest BCUT2D eigenvalue weighted by Crippen LogP contribution is -2.03. The molecule has 2 rings (SSSR count). The largest absolute Gasteiger partial charge is 0.384 e. The Kier molecular flexibility index (Phi) is 4.25. The zero-order chi connectivity index (χ0) is 13.3. The summed E-state index contributed by atoms with van der Waals surface area (Å²) in [5, 5.41) is 10.5. The Morgan fingerprint density at radius 2 is 1.72 bits per heavy atom. The van der Waals surface area contributed by atoms with Crippen LogP contribution in [0.4, 0.5) is 0 Å². The molecule has 0 spiro atoms. The van der Waals surface area contributed by atoms with E-state index >= 15 is 0 Å². The second-order valence-corrected chi connectivity index (χ2v) is 6.19. The average molecular weight is 370 g/mol. The van der Waals surface area contributed by atoms with E-state index in [2.05, 4.69) is 31.9 Å². The molecule has 0 aliphatic heterocycles. The van der Waals surface area contributed by atoms with Crippen molar-refractivity contribution in [2.75, 3.05) is 0 Å². The smallest absolute Gasteiger partial charge is 0.104 e. The van der Waals surface area contributed by atoms with Gasteiger partial charge in [0.05, 0.1) is 0 Å². The number of benzene rings is 2. The summed E-state index contributed by atoms with van der Waals surface area (Å²) in [7, 11) is 0. The van der Waals surface area contributed by atoms with Crippen molar-refractivity contribution in [3.05, 3.63) is 67.6 Å². The van der Waals surface area contributed by atoms with Gasteiger partial charge >= 0.3 is 0 Å². The number of hydrogen-bond acceptors (Lipinski definition) is 1. The number of rotatable bonds is 2. The lowest BCUT2D eigenvalue weighted by molar-refractivity contribution is 0.219. The second-order valence-electron chi connectivity index (χ2n) is 4.42. The van der Waals surface area contributed by atoms with Gasteiger partial charge in [-0.1, -0.05) is 50.1 Å². The number of halogens is 2. The number of aryl methyl sites for hydroxylation is 2. The maximum absolute atomic E-state index is 10.5. The third-order valence-electron chi connectivity index (χ3n) is 3.01. The molecule has 2 aromatic rings. The number of hydrogen-bond donors (Lipinski definition) is 1. The first-order valence-corrected chi connectivity index (χ1v) is 7.28. The van der Waals surface area contributed by atoms with Gasteiger partial charge in [-0.05, 0) is 54.3 Å². The molecule has 0 bridgehead atoms. The van der Waals surface area contributed by atoms with Gasteiger partial charge in [-0.2, -0.15) is 0 Å². The van der Waals surface area contributed by atoms with Crippen LogP contribution in [0.3, 0.4) is 0 Å². The Balaban J connectivity index is 2.46. The maximum Gasteiger partial charge on any atom is 0.104 e. The van der Waals surface area contributed by atoms with Gasteiger partial charge in [0.25, 0.3) is 0 Å². The molecule has 1 nitrogen and oxygen atoms in total. The maximum atomic E-state index is 10.5. The van der Waals surface area contributed by atoms with E-state index in [1.807, 2.05) is 50.2 Å². The SMILES string of the molecule is Cc1cc(C(O)c2cccc(Br)c2)c(C)cc1Br. The molecule has 0 aromatic heterocycles. The van der Waals surface area contributed by atoms with Gasteiger partial charge in [0.2, 0.25) is 0 Å². The van der Waals surface area contributed by atoms with Gasteiger partial charge in [0, 0.05) is 8.95 Å². The minimum Gasteiger partial charge on any atom is -0.384 e. The predicted molar refractivity (Wildman–Crippen MR) is 81.8 cm³/mol. The fourth-order valence-electron chi connectivity index (χ4n) is 1.95. The summed E-state index contributed by atoms with van der Waals surface area (Å²) in [6.45, 7) is 4.04. The molecule has 0 heterocycles.